The second kappa shape index (κ2) is 6.25. The van der Waals surface area contributed by atoms with Crippen molar-refractivity contribution in [1.29, 1.82) is 0 Å². The van der Waals surface area contributed by atoms with Gasteiger partial charge in [-0.25, -0.2) is 13.1 Å². The van der Waals surface area contributed by atoms with Gasteiger partial charge in [0.05, 0.1) is 6.54 Å². The topological polar surface area (TPSA) is 118 Å². The van der Waals surface area contributed by atoms with Gasteiger partial charge in [0.1, 0.15) is 11.5 Å². The first-order chi connectivity index (χ1) is 9.62. The van der Waals surface area contributed by atoms with Crippen LogP contribution in [0.1, 0.15) is 11.4 Å². The summed E-state index contributed by atoms with van der Waals surface area (Å²) in [4.78, 5) is 7.46. The molecule has 0 amide bonds. The molecule has 0 radical (unpaired) electrons. The highest BCUT2D eigenvalue weighted by Crippen LogP contribution is 2.09. The molecule has 0 unspecified atom stereocenters. The highest BCUT2D eigenvalue weighted by atomic mass is 32.2. The molecule has 0 fully saturated rings. The molecule has 0 aliphatic carbocycles. The monoisotopic (exact) mass is 294 g/mol. The smallest absolute Gasteiger partial charge is 0.242 e. The lowest BCUT2D eigenvalue weighted by Crippen LogP contribution is -2.24. The lowest BCUT2D eigenvalue weighted by Gasteiger charge is -2.04. The average molecular weight is 294 g/mol. The molecule has 0 saturated heterocycles. The van der Waals surface area contributed by atoms with Crippen LogP contribution >= 0.6 is 0 Å². The van der Waals surface area contributed by atoms with Crippen LogP contribution in [0.5, 0.6) is 0 Å². The number of sulfonamides is 1. The molecule has 20 heavy (non-hydrogen) atoms. The van der Waals surface area contributed by atoms with E-state index in [1.54, 1.807) is 0 Å². The Kier molecular flexibility index (Phi) is 4.41. The molecule has 0 spiro atoms. The molecular weight excluding hydrogens is 284 g/mol. The SMILES string of the molecule is O=S(=O)(NCc1ncon1)c1cncc(C#CCO)c1. The van der Waals surface area contributed by atoms with Gasteiger partial charge in [0.15, 0.2) is 5.82 Å². The van der Waals surface area contributed by atoms with Gasteiger partial charge in [-0.3, -0.25) is 4.98 Å². The van der Waals surface area contributed by atoms with Crippen molar-refractivity contribution in [3.63, 3.8) is 0 Å². The van der Waals surface area contributed by atoms with Gasteiger partial charge < -0.3 is 9.63 Å². The zero-order valence-electron chi connectivity index (χ0n) is 10.1. The number of aliphatic hydroxyl groups excluding tert-OH is 1. The maximum absolute atomic E-state index is 12.0. The number of aromatic nitrogens is 3. The van der Waals surface area contributed by atoms with E-state index in [4.69, 9.17) is 5.11 Å². The summed E-state index contributed by atoms with van der Waals surface area (Å²) in [6, 6.07) is 1.36. The molecule has 0 aliphatic rings. The van der Waals surface area contributed by atoms with Crippen LogP contribution in [0.2, 0.25) is 0 Å². The maximum atomic E-state index is 12.0. The average Bonchev–Trinajstić information content (AvgIpc) is 2.97. The standard InChI is InChI=1S/C11H10N4O4S/c16-3-1-2-9-4-10(6-12-5-9)20(17,18)14-7-11-13-8-19-15-11/h4-6,8,14,16H,3,7H2. The lowest BCUT2D eigenvalue weighted by atomic mass is 10.3. The van der Waals surface area contributed by atoms with Crippen molar-refractivity contribution in [2.45, 2.75) is 11.4 Å². The van der Waals surface area contributed by atoms with Crippen LogP contribution in [0.4, 0.5) is 0 Å². The Bertz CT molecular complexity index is 731. The predicted octanol–water partition coefficient (Wildman–Crippen LogP) is -0.713. The summed E-state index contributed by atoms with van der Waals surface area (Å²) in [5.41, 5.74) is 0.390. The normalized spacial score (nSPS) is 10.8. The van der Waals surface area contributed by atoms with Gasteiger partial charge in [-0.05, 0) is 6.07 Å². The van der Waals surface area contributed by atoms with Crippen molar-refractivity contribution < 1.29 is 18.0 Å². The number of aliphatic hydroxyl groups is 1. The molecule has 8 nitrogen and oxygen atoms in total. The molecule has 0 atom stereocenters. The first-order valence-electron chi connectivity index (χ1n) is 5.41. The van der Waals surface area contributed by atoms with Crippen LogP contribution in [0, 0.1) is 11.8 Å². The predicted molar refractivity (Wildman–Crippen MR) is 66.5 cm³/mol. The fraction of sp³-hybridized carbons (Fsp3) is 0.182. The summed E-state index contributed by atoms with van der Waals surface area (Å²) < 4.78 is 30.8. The minimum absolute atomic E-state index is 0.0364. The van der Waals surface area contributed by atoms with E-state index in [-0.39, 0.29) is 23.9 Å². The number of hydrogen-bond donors (Lipinski definition) is 2. The zero-order valence-corrected chi connectivity index (χ0v) is 11.0. The largest absolute Gasteiger partial charge is 0.384 e. The van der Waals surface area contributed by atoms with Crippen LogP contribution < -0.4 is 4.72 Å². The molecule has 2 aromatic rings. The third-order valence-electron chi connectivity index (χ3n) is 2.16. The Hall–Kier alpha value is -2.28. The molecular formula is C11H10N4O4S. The Morgan fingerprint density at radius 1 is 1.40 bits per heavy atom. The van der Waals surface area contributed by atoms with Gasteiger partial charge >= 0.3 is 0 Å². The quantitative estimate of drug-likeness (QED) is 0.715. The molecule has 0 saturated carbocycles. The zero-order chi connectivity index (χ0) is 14.4. The summed E-state index contributed by atoms with van der Waals surface area (Å²) >= 11 is 0. The van der Waals surface area contributed by atoms with E-state index in [1.807, 2.05) is 0 Å². The minimum atomic E-state index is -3.75. The van der Waals surface area contributed by atoms with Crippen LogP contribution in [-0.4, -0.2) is 35.3 Å². The summed E-state index contributed by atoms with van der Waals surface area (Å²) in [6.45, 7) is -0.404. The number of pyridine rings is 1. The van der Waals surface area contributed by atoms with Crippen LogP contribution in [0.15, 0.2) is 34.3 Å². The van der Waals surface area contributed by atoms with Crippen molar-refractivity contribution >= 4 is 10.0 Å². The summed E-state index contributed by atoms with van der Waals surface area (Å²) in [5, 5.41) is 12.1. The maximum Gasteiger partial charge on any atom is 0.242 e. The van der Waals surface area contributed by atoms with Gasteiger partial charge in [-0.15, -0.1) is 0 Å². The fourth-order valence-corrected chi connectivity index (χ4v) is 2.26. The third-order valence-corrected chi connectivity index (χ3v) is 3.53. The summed E-state index contributed by atoms with van der Waals surface area (Å²) in [6.07, 6.45) is 3.71. The molecule has 2 rings (SSSR count). The minimum Gasteiger partial charge on any atom is -0.384 e. The Balaban J connectivity index is 2.16. The van der Waals surface area contributed by atoms with Crippen molar-refractivity contribution in [3.05, 3.63) is 36.2 Å². The lowest BCUT2D eigenvalue weighted by molar-refractivity contribution is 0.350. The molecule has 0 aromatic carbocycles. The van der Waals surface area contributed by atoms with Crippen molar-refractivity contribution in [2.24, 2.45) is 0 Å². The van der Waals surface area contributed by atoms with Crippen molar-refractivity contribution in [3.8, 4) is 11.8 Å². The van der Waals surface area contributed by atoms with E-state index >= 15 is 0 Å². The number of nitrogens with zero attached hydrogens (tertiary/aromatic N) is 3. The first-order valence-corrected chi connectivity index (χ1v) is 6.90. The molecule has 2 aromatic heterocycles. The van der Waals surface area contributed by atoms with Gasteiger partial charge in [0, 0.05) is 18.0 Å². The highest BCUT2D eigenvalue weighted by molar-refractivity contribution is 7.89. The molecule has 2 N–H and O–H groups in total. The fourth-order valence-electron chi connectivity index (χ4n) is 1.29. The van der Waals surface area contributed by atoms with Crippen molar-refractivity contribution in [2.75, 3.05) is 6.61 Å². The van der Waals surface area contributed by atoms with Gasteiger partial charge in [0.25, 0.3) is 0 Å². The summed E-state index contributed by atoms with van der Waals surface area (Å²) in [5.74, 6) is 5.22. The third kappa shape index (κ3) is 3.61. The Morgan fingerprint density at radius 3 is 2.95 bits per heavy atom. The molecule has 9 heteroatoms. The van der Waals surface area contributed by atoms with Gasteiger partial charge in [-0.1, -0.05) is 17.0 Å². The second-order valence-electron chi connectivity index (χ2n) is 3.54. The Labute approximate surface area is 114 Å². The molecule has 0 bridgehead atoms. The first kappa shape index (κ1) is 14.1. The van der Waals surface area contributed by atoms with Crippen LogP contribution in [0.25, 0.3) is 0 Å². The number of rotatable bonds is 4. The van der Waals surface area contributed by atoms with Crippen molar-refractivity contribution in [1.82, 2.24) is 19.8 Å². The number of hydrogen-bond acceptors (Lipinski definition) is 7. The summed E-state index contributed by atoms with van der Waals surface area (Å²) in [7, 11) is -3.75. The van der Waals surface area contributed by atoms with E-state index in [1.165, 1.54) is 18.5 Å². The van der Waals surface area contributed by atoms with E-state index in [9.17, 15) is 8.42 Å². The van der Waals surface area contributed by atoms with E-state index in [0.717, 1.165) is 6.39 Å². The van der Waals surface area contributed by atoms with Crippen LogP contribution in [0.3, 0.4) is 0 Å². The molecule has 0 aliphatic heterocycles. The van der Waals surface area contributed by atoms with E-state index < -0.39 is 10.0 Å². The Morgan fingerprint density at radius 2 is 2.25 bits per heavy atom. The molecule has 2 heterocycles. The highest BCUT2D eigenvalue weighted by Gasteiger charge is 2.15. The van der Waals surface area contributed by atoms with Gasteiger partial charge in [0.2, 0.25) is 16.4 Å². The number of nitrogens with one attached hydrogen (secondary N) is 1. The van der Waals surface area contributed by atoms with Crippen LogP contribution in [-0.2, 0) is 16.6 Å². The van der Waals surface area contributed by atoms with E-state index in [0.29, 0.717) is 5.56 Å². The van der Waals surface area contributed by atoms with E-state index in [2.05, 4.69) is 36.2 Å². The molecule has 104 valence electrons. The van der Waals surface area contributed by atoms with Gasteiger partial charge in [-0.2, -0.15) is 4.98 Å². The second-order valence-corrected chi connectivity index (χ2v) is 5.31.